The number of aryl methyl sites for hydroxylation is 1. The summed E-state index contributed by atoms with van der Waals surface area (Å²) in [6, 6.07) is 10.5. The molecule has 0 aliphatic heterocycles. The maximum Gasteiger partial charge on any atom is 0.259 e. The van der Waals surface area contributed by atoms with E-state index in [9.17, 15) is 9.59 Å². The second-order valence-electron chi connectivity index (χ2n) is 4.36. The second kappa shape index (κ2) is 7.04. The average Bonchev–Trinajstić information content (AvgIpc) is 2.98. The van der Waals surface area contributed by atoms with E-state index in [0.29, 0.717) is 11.3 Å². The zero-order valence-corrected chi connectivity index (χ0v) is 11.5. The monoisotopic (exact) mass is 285 g/mol. The van der Waals surface area contributed by atoms with Crippen LogP contribution in [0.1, 0.15) is 21.7 Å². The predicted octanol–water partition coefficient (Wildman–Crippen LogP) is 1.47. The number of hydrogen-bond acceptors (Lipinski definition) is 4. The number of hydrazone groups is 1. The maximum absolute atomic E-state index is 11.8. The van der Waals surface area contributed by atoms with Gasteiger partial charge in [-0.15, -0.1) is 0 Å². The molecule has 6 nitrogen and oxygen atoms in total. The number of rotatable bonds is 5. The number of hydrogen-bond donors (Lipinski definition) is 2. The highest BCUT2D eigenvalue weighted by atomic mass is 16.3. The molecular weight excluding hydrogens is 270 g/mol. The lowest BCUT2D eigenvalue weighted by atomic mass is 10.1. The molecule has 6 heteroatoms. The molecule has 2 amide bonds. The van der Waals surface area contributed by atoms with Crippen LogP contribution in [0.15, 0.2) is 52.2 Å². The van der Waals surface area contributed by atoms with Crippen LogP contribution in [0.5, 0.6) is 0 Å². The highest BCUT2D eigenvalue weighted by molar-refractivity contribution is 5.96. The fourth-order valence-corrected chi connectivity index (χ4v) is 1.62. The molecule has 0 saturated heterocycles. The Morgan fingerprint density at radius 1 is 1.29 bits per heavy atom. The molecule has 1 heterocycles. The number of amides is 2. The number of nitrogens with zero attached hydrogens (tertiary/aromatic N) is 1. The first kappa shape index (κ1) is 14.5. The molecule has 0 unspecified atom stereocenters. The fourth-order valence-electron chi connectivity index (χ4n) is 1.62. The Bertz CT molecular complexity index is 648. The van der Waals surface area contributed by atoms with Crippen LogP contribution in [0.4, 0.5) is 0 Å². The van der Waals surface area contributed by atoms with Gasteiger partial charge in [-0.25, -0.2) is 5.43 Å². The third-order valence-electron chi connectivity index (χ3n) is 2.61. The van der Waals surface area contributed by atoms with E-state index in [0.717, 1.165) is 5.56 Å². The van der Waals surface area contributed by atoms with Gasteiger partial charge in [0.15, 0.2) is 0 Å². The zero-order valence-electron chi connectivity index (χ0n) is 11.5. The molecule has 2 rings (SSSR count). The first-order valence-electron chi connectivity index (χ1n) is 6.35. The Labute approximate surface area is 121 Å². The van der Waals surface area contributed by atoms with Crippen LogP contribution in [0.2, 0.25) is 0 Å². The molecule has 0 spiro atoms. The van der Waals surface area contributed by atoms with Crippen LogP contribution in [0.25, 0.3) is 0 Å². The van der Waals surface area contributed by atoms with Crippen LogP contribution in [-0.4, -0.2) is 24.6 Å². The Kier molecular flexibility index (Phi) is 4.87. The fraction of sp³-hybridized carbons (Fsp3) is 0.133. The second-order valence-corrected chi connectivity index (χ2v) is 4.36. The molecule has 0 aliphatic carbocycles. The van der Waals surface area contributed by atoms with Crippen molar-refractivity contribution >= 4 is 18.0 Å². The van der Waals surface area contributed by atoms with Gasteiger partial charge in [-0.3, -0.25) is 9.59 Å². The van der Waals surface area contributed by atoms with Crippen molar-refractivity contribution in [2.75, 3.05) is 6.54 Å². The Hall–Kier alpha value is -2.89. The van der Waals surface area contributed by atoms with E-state index in [1.54, 1.807) is 30.3 Å². The van der Waals surface area contributed by atoms with Crippen molar-refractivity contribution in [2.45, 2.75) is 6.92 Å². The summed E-state index contributed by atoms with van der Waals surface area (Å²) in [6.45, 7) is 1.75. The Morgan fingerprint density at radius 2 is 2.14 bits per heavy atom. The van der Waals surface area contributed by atoms with Crippen molar-refractivity contribution in [3.05, 3.63) is 59.5 Å². The lowest BCUT2D eigenvalue weighted by molar-refractivity contribution is -0.120. The van der Waals surface area contributed by atoms with Gasteiger partial charge in [-0.1, -0.05) is 17.7 Å². The zero-order chi connectivity index (χ0) is 15.1. The third-order valence-corrected chi connectivity index (χ3v) is 2.61. The summed E-state index contributed by atoms with van der Waals surface area (Å²) in [4.78, 5) is 23.3. The molecule has 2 N–H and O–H groups in total. The minimum Gasteiger partial charge on any atom is -0.463 e. The summed E-state index contributed by atoms with van der Waals surface area (Å²) in [6.07, 6.45) is 2.88. The highest BCUT2D eigenvalue weighted by Gasteiger charge is 2.07. The number of benzene rings is 1. The molecule has 0 atom stereocenters. The molecule has 0 aliphatic rings. The van der Waals surface area contributed by atoms with Crippen LogP contribution < -0.4 is 10.7 Å². The van der Waals surface area contributed by atoms with Gasteiger partial charge in [0.2, 0.25) is 0 Å². The predicted molar refractivity (Wildman–Crippen MR) is 78.0 cm³/mol. The standard InChI is InChI=1S/C15H15N3O3/c1-11-4-2-5-12(8-11)15(20)16-10-14(19)18-17-9-13-6-3-7-21-13/h2-9H,10H2,1H3,(H,16,20)(H,18,19)/b17-9+. The van der Waals surface area contributed by atoms with Crippen molar-refractivity contribution in [2.24, 2.45) is 5.10 Å². The van der Waals surface area contributed by atoms with Gasteiger partial charge in [0.25, 0.3) is 11.8 Å². The van der Waals surface area contributed by atoms with E-state index in [1.807, 2.05) is 13.0 Å². The lowest BCUT2D eigenvalue weighted by Crippen LogP contribution is -2.34. The molecular formula is C15H15N3O3. The van der Waals surface area contributed by atoms with Crippen molar-refractivity contribution in [3.63, 3.8) is 0 Å². The van der Waals surface area contributed by atoms with E-state index in [2.05, 4.69) is 15.8 Å². The van der Waals surface area contributed by atoms with E-state index in [-0.39, 0.29) is 12.5 Å². The number of carbonyl (C=O) groups excluding carboxylic acids is 2. The Balaban J connectivity index is 1.77. The van der Waals surface area contributed by atoms with Gasteiger partial charge in [0.05, 0.1) is 19.0 Å². The van der Waals surface area contributed by atoms with Gasteiger partial charge >= 0.3 is 0 Å². The van der Waals surface area contributed by atoms with Gasteiger partial charge < -0.3 is 9.73 Å². The molecule has 1 aromatic heterocycles. The summed E-state index contributed by atoms with van der Waals surface area (Å²) >= 11 is 0. The summed E-state index contributed by atoms with van der Waals surface area (Å²) < 4.78 is 5.01. The normalized spacial score (nSPS) is 10.5. The highest BCUT2D eigenvalue weighted by Crippen LogP contribution is 2.03. The largest absolute Gasteiger partial charge is 0.463 e. The SMILES string of the molecule is Cc1cccc(C(=O)NCC(=O)N/N=C/c2ccco2)c1. The van der Waals surface area contributed by atoms with Crippen LogP contribution in [-0.2, 0) is 4.79 Å². The Morgan fingerprint density at radius 3 is 2.86 bits per heavy atom. The van der Waals surface area contributed by atoms with E-state index < -0.39 is 5.91 Å². The van der Waals surface area contributed by atoms with Gasteiger partial charge in [0, 0.05) is 5.56 Å². The van der Waals surface area contributed by atoms with Gasteiger partial charge in [-0.2, -0.15) is 5.10 Å². The van der Waals surface area contributed by atoms with Crippen LogP contribution in [0, 0.1) is 6.92 Å². The molecule has 108 valence electrons. The summed E-state index contributed by atoms with van der Waals surface area (Å²) in [7, 11) is 0. The number of nitrogens with one attached hydrogen (secondary N) is 2. The van der Waals surface area contributed by atoms with Crippen molar-refractivity contribution in [1.29, 1.82) is 0 Å². The van der Waals surface area contributed by atoms with Crippen molar-refractivity contribution in [1.82, 2.24) is 10.7 Å². The van der Waals surface area contributed by atoms with Gasteiger partial charge in [-0.05, 0) is 31.2 Å². The minimum atomic E-state index is -0.418. The molecule has 0 bridgehead atoms. The summed E-state index contributed by atoms with van der Waals surface area (Å²) in [5.74, 6) is -0.193. The van der Waals surface area contributed by atoms with E-state index >= 15 is 0 Å². The molecule has 0 radical (unpaired) electrons. The van der Waals surface area contributed by atoms with Crippen molar-refractivity contribution in [3.8, 4) is 0 Å². The minimum absolute atomic E-state index is 0.151. The molecule has 2 aromatic rings. The van der Waals surface area contributed by atoms with Crippen molar-refractivity contribution < 1.29 is 14.0 Å². The summed E-state index contributed by atoms with van der Waals surface area (Å²) in [5.41, 5.74) is 3.79. The summed E-state index contributed by atoms with van der Waals surface area (Å²) in [5, 5.41) is 6.23. The maximum atomic E-state index is 11.8. The van der Waals surface area contributed by atoms with E-state index in [4.69, 9.17) is 4.42 Å². The lowest BCUT2D eigenvalue weighted by Gasteiger charge is -2.04. The molecule has 21 heavy (non-hydrogen) atoms. The smallest absolute Gasteiger partial charge is 0.259 e. The molecule has 1 aromatic carbocycles. The number of furan rings is 1. The van der Waals surface area contributed by atoms with E-state index in [1.165, 1.54) is 12.5 Å². The topological polar surface area (TPSA) is 83.7 Å². The van der Waals surface area contributed by atoms with Gasteiger partial charge in [0.1, 0.15) is 5.76 Å². The van der Waals surface area contributed by atoms with Crippen LogP contribution >= 0.6 is 0 Å². The quantitative estimate of drug-likeness (QED) is 0.644. The molecule has 0 saturated carbocycles. The average molecular weight is 285 g/mol. The number of carbonyl (C=O) groups is 2. The first-order valence-corrected chi connectivity index (χ1v) is 6.35. The van der Waals surface area contributed by atoms with Crippen LogP contribution in [0.3, 0.4) is 0 Å². The third kappa shape index (κ3) is 4.61. The first-order chi connectivity index (χ1) is 10.1. The molecule has 0 fully saturated rings.